The first-order chi connectivity index (χ1) is 14.6. The quantitative estimate of drug-likeness (QED) is 0.424. The summed E-state index contributed by atoms with van der Waals surface area (Å²) in [5, 5.41) is 10.2. The van der Waals surface area contributed by atoms with Crippen molar-refractivity contribution in [1.82, 2.24) is 0 Å². The summed E-state index contributed by atoms with van der Waals surface area (Å²) in [4.78, 5) is 0. The molecule has 0 aliphatic heterocycles. The third-order valence-corrected chi connectivity index (χ3v) is 11.0. The molecule has 0 spiro atoms. The van der Waals surface area contributed by atoms with Crippen molar-refractivity contribution in [2.24, 2.45) is 52.3 Å². The van der Waals surface area contributed by atoms with E-state index in [0.717, 1.165) is 42.4 Å². The summed E-state index contributed by atoms with van der Waals surface area (Å²) >= 11 is 0. The molecular weight excluding hydrogens is 376 g/mol. The largest absolute Gasteiger partial charge is 0.393 e. The minimum Gasteiger partial charge on any atom is -0.393 e. The van der Waals surface area contributed by atoms with Crippen molar-refractivity contribution in [3.05, 3.63) is 23.8 Å². The van der Waals surface area contributed by atoms with E-state index in [1.54, 1.807) is 5.57 Å². The van der Waals surface area contributed by atoms with Crippen molar-refractivity contribution in [3.8, 4) is 0 Å². The Morgan fingerprint density at radius 3 is 2.52 bits per heavy atom. The lowest BCUT2D eigenvalue weighted by molar-refractivity contribution is -0.0510. The highest BCUT2D eigenvalue weighted by molar-refractivity contribution is 5.25. The second kappa shape index (κ2) is 9.00. The average Bonchev–Trinajstić information content (AvgIpc) is 3.07. The predicted molar refractivity (Wildman–Crippen MR) is 133 cm³/mol. The molecule has 4 rings (SSSR count). The number of aliphatic hydroxyl groups excluding tert-OH is 1. The van der Waals surface area contributed by atoms with Crippen LogP contribution >= 0.6 is 0 Å². The summed E-state index contributed by atoms with van der Waals surface area (Å²) in [6, 6.07) is 0. The molecule has 1 heteroatoms. The fourth-order valence-electron chi connectivity index (χ4n) is 8.37. The first-order valence-corrected chi connectivity index (χ1v) is 13.7. The molecule has 9 atom stereocenters. The zero-order chi connectivity index (χ0) is 22.4. The van der Waals surface area contributed by atoms with Crippen LogP contribution in [0.4, 0.5) is 0 Å². The van der Waals surface area contributed by atoms with E-state index >= 15 is 0 Å². The standard InChI is InChI=1S/C30H50O/c1-20(2)22(4)9-7-21(3)8-10-23-12-14-27-26-13-11-24-19-25(31)15-17-30(24,6)28(26)16-18-29(23,27)5/h7,9,11,20-23,25-28,31H,8,10,12-19H2,1-6H3/b9-7+/t21-,22+,23+,25+,26+,27+,28+,29-,30+/m1/s1. The van der Waals surface area contributed by atoms with Crippen molar-refractivity contribution in [1.29, 1.82) is 0 Å². The fourth-order valence-corrected chi connectivity index (χ4v) is 8.37. The summed E-state index contributed by atoms with van der Waals surface area (Å²) in [6.07, 6.45) is 20.6. The Morgan fingerprint density at radius 2 is 1.77 bits per heavy atom. The molecule has 4 aliphatic rings. The Labute approximate surface area is 193 Å². The van der Waals surface area contributed by atoms with Crippen molar-refractivity contribution < 1.29 is 5.11 Å². The molecule has 31 heavy (non-hydrogen) atoms. The highest BCUT2D eigenvalue weighted by Gasteiger charge is 2.58. The normalized spacial score (nSPS) is 44.5. The molecule has 0 saturated heterocycles. The Balaban J connectivity index is 1.40. The van der Waals surface area contributed by atoms with Crippen LogP contribution in [-0.4, -0.2) is 11.2 Å². The van der Waals surface area contributed by atoms with Crippen LogP contribution in [0.15, 0.2) is 23.8 Å². The molecule has 0 bridgehead atoms. The van der Waals surface area contributed by atoms with Gasteiger partial charge in [0.25, 0.3) is 0 Å². The van der Waals surface area contributed by atoms with Gasteiger partial charge in [-0.1, -0.05) is 65.3 Å². The first kappa shape index (κ1) is 23.6. The molecule has 3 saturated carbocycles. The molecule has 3 fully saturated rings. The van der Waals surface area contributed by atoms with Crippen LogP contribution in [0.3, 0.4) is 0 Å². The summed E-state index contributed by atoms with van der Waals surface area (Å²) < 4.78 is 0. The molecule has 176 valence electrons. The monoisotopic (exact) mass is 426 g/mol. The molecule has 0 aromatic carbocycles. The van der Waals surface area contributed by atoms with Crippen molar-refractivity contribution in [3.63, 3.8) is 0 Å². The maximum absolute atomic E-state index is 10.2. The Bertz CT molecular complexity index is 689. The van der Waals surface area contributed by atoms with Crippen LogP contribution < -0.4 is 0 Å². The van der Waals surface area contributed by atoms with Gasteiger partial charge in [-0.05, 0) is 116 Å². The molecule has 4 aliphatic carbocycles. The van der Waals surface area contributed by atoms with Gasteiger partial charge < -0.3 is 5.11 Å². The second-order valence-corrected chi connectivity index (χ2v) is 13.0. The third kappa shape index (κ3) is 4.34. The number of hydrogen-bond acceptors (Lipinski definition) is 1. The van der Waals surface area contributed by atoms with Gasteiger partial charge >= 0.3 is 0 Å². The minimum atomic E-state index is -0.0832. The van der Waals surface area contributed by atoms with E-state index in [2.05, 4.69) is 59.8 Å². The lowest BCUT2D eigenvalue weighted by atomic mass is 9.47. The van der Waals surface area contributed by atoms with E-state index in [-0.39, 0.29) is 6.10 Å². The molecule has 0 aromatic rings. The van der Waals surface area contributed by atoms with Gasteiger partial charge in [-0.3, -0.25) is 0 Å². The van der Waals surface area contributed by atoms with Gasteiger partial charge in [-0.2, -0.15) is 0 Å². The van der Waals surface area contributed by atoms with Crippen LogP contribution in [0.1, 0.15) is 106 Å². The van der Waals surface area contributed by atoms with Gasteiger partial charge in [-0.25, -0.2) is 0 Å². The number of allylic oxidation sites excluding steroid dienone is 3. The second-order valence-electron chi connectivity index (χ2n) is 13.0. The van der Waals surface area contributed by atoms with Gasteiger partial charge in [0.05, 0.1) is 6.10 Å². The van der Waals surface area contributed by atoms with E-state index in [9.17, 15) is 5.11 Å². The molecule has 1 nitrogen and oxygen atoms in total. The summed E-state index contributed by atoms with van der Waals surface area (Å²) in [5.41, 5.74) is 2.57. The van der Waals surface area contributed by atoms with Gasteiger partial charge in [0.2, 0.25) is 0 Å². The van der Waals surface area contributed by atoms with E-state index in [4.69, 9.17) is 0 Å². The first-order valence-electron chi connectivity index (χ1n) is 13.7. The van der Waals surface area contributed by atoms with Crippen LogP contribution in [0.5, 0.6) is 0 Å². The smallest absolute Gasteiger partial charge is 0.0577 e. The lowest BCUT2D eigenvalue weighted by Gasteiger charge is -2.58. The predicted octanol–water partition coefficient (Wildman–Crippen LogP) is 8.19. The van der Waals surface area contributed by atoms with Crippen LogP contribution in [0.2, 0.25) is 0 Å². The SMILES string of the molecule is CC(C)[C@@H](C)/C=C/[C@@H](C)CC[C@H]1CC[C@H]2[C@@H]3CC=C4C[C@@H](O)CC[C@]4(C)[C@H]3CC[C@]12C. The zero-order valence-electron chi connectivity index (χ0n) is 21.4. The van der Waals surface area contributed by atoms with Gasteiger partial charge in [0.1, 0.15) is 0 Å². The molecule has 0 unspecified atom stereocenters. The average molecular weight is 427 g/mol. The lowest BCUT2D eigenvalue weighted by Crippen LogP contribution is -2.50. The number of hydrogen-bond donors (Lipinski definition) is 1. The fraction of sp³-hybridized carbons (Fsp3) is 0.867. The van der Waals surface area contributed by atoms with E-state index < -0.39 is 0 Å². The van der Waals surface area contributed by atoms with Crippen LogP contribution in [0, 0.1) is 52.3 Å². The highest BCUT2D eigenvalue weighted by atomic mass is 16.3. The number of fused-ring (bicyclic) bond motifs is 5. The minimum absolute atomic E-state index is 0.0832. The van der Waals surface area contributed by atoms with Gasteiger partial charge in [-0.15, -0.1) is 0 Å². The Morgan fingerprint density at radius 1 is 1.00 bits per heavy atom. The summed E-state index contributed by atoms with van der Waals surface area (Å²) in [6.45, 7) is 14.7. The van der Waals surface area contributed by atoms with Gasteiger partial charge in [0, 0.05) is 0 Å². The molecule has 0 heterocycles. The van der Waals surface area contributed by atoms with Crippen molar-refractivity contribution >= 4 is 0 Å². The van der Waals surface area contributed by atoms with E-state index in [1.165, 1.54) is 51.4 Å². The maximum Gasteiger partial charge on any atom is 0.0577 e. The number of aliphatic hydroxyl groups is 1. The molecular formula is C30H50O. The van der Waals surface area contributed by atoms with E-state index in [0.29, 0.717) is 22.7 Å². The van der Waals surface area contributed by atoms with Crippen molar-refractivity contribution in [2.75, 3.05) is 0 Å². The summed E-state index contributed by atoms with van der Waals surface area (Å²) in [7, 11) is 0. The highest BCUT2D eigenvalue weighted by Crippen LogP contribution is 2.66. The topological polar surface area (TPSA) is 20.2 Å². The maximum atomic E-state index is 10.2. The zero-order valence-corrected chi connectivity index (χ0v) is 21.4. The third-order valence-electron chi connectivity index (χ3n) is 11.0. The van der Waals surface area contributed by atoms with Crippen LogP contribution in [0.25, 0.3) is 0 Å². The number of rotatable bonds is 6. The van der Waals surface area contributed by atoms with Crippen molar-refractivity contribution in [2.45, 2.75) is 112 Å². The Kier molecular flexibility index (Phi) is 6.85. The molecule has 0 aromatic heterocycles. The molecule has 0 amide bonds. The van der Waals surface area contributed by atoms with Gasteiger partial charge in [0.15, 0.2) is 0 Å². The molecule has 1 N–H and O–H groups in total. The molecule has 0 radical (unpaired) electrons. The summed E-state index contributed by atoms with van der Waals surface area (Å²) in [5.74, 6) is 5.79. The Hall–Kier alpha value is -0.560. The van der Waals surface area contributed by atoms with E-state index in [1.807, 2.05) is 0 Å². The van der Waals surface area contributed by atoms with Crippen LogP contribution in [-0.2, 0) is 0 Å².